The summed E-state index contributed by atoms with van der Waals surface area (Å²) < 4.78 is 50.1. The molecule has 2 aromatic rings. The topological polar surface area (TPSA) is 118 Å². The molecule has 2 aromatic carbocycles. The van der Waals surface area contributed by atoms with Crippen LogP contribution in [-0.2, 0) is 21.2 Å². The zero-order valence-corrected chi connectivity index (χ0v) is 17.3. The first-order valence-electron chi connectivity index (χ1n) is 9.15. The van der Waals surface area contributed by atoms with Gasteiger partial charge in [-0.3, -0.25) is 9.59 Å². The summed E-state index contributed by atoms with van der Waals surface area (Å²) in [6.45, 7) is 3.59. The van der Waals surface area contributed by atoms with Crippen LogP contribution in [0.2, 0.25) is 0 Å². The van der Waals surface area contributed by atoms with E-state index in [0.29, 0.717) is 6.42 Å². The molecule has 0 radical (unpaired) electrons. The maximum Gasteiger partial charge on any atom is 0.257 e. The molecule has 7 nitrogen and oxygen atoms in total. The Morgan fingerprint density at radius 3 is 2.10 bits per heavy atom. The summed E-state index contributed by atoms with van der Waals surface area (Å²) in [7, 11) is -3.78. The molecule has 0 heterocycles. The fraction of sp³-hybridized carbons (Fsp3) is 0.300. The molecule has 0 bridgehead atoms. The molecule has 0 fully saturated rings. The molecule has 0 aliphatic rings. The predicted molar refractivity (Wildman–Crippen MR) is 107 cm³/mol. The Balaban J connectivity index is 1.98. The molecule has 162 valence electrons. The van der Waals surface area contributed by atoms with E-state index in [1.807, 2.05) is 0 Å². The van der Waals surface area contributed by atoms with Crippen LogP contribution < -0.4 is 15.8 Å². The van der Waals surface area contributed by atoms with E-state index in [4.69, 9.17) is 5.14 Å². The first-order chi connectivity index (χ1) is 14.0. The molecule has 2 amide bonds. The van der Waals surface area contributed by atoms with Gasteiger partial charge in [0.1, 0.15) is 23.2 Å². The van der Waals surface area contributed by atoms with Crippen molar-refractivity contribution >= 4 is 21.8 Å². The molecule has 0 aromatic heterocycles. The Kier molecular flexibility index (Phi) is 7.63. The molecule has 2 rings (SSSR count). The van der Waals surface area contributed by atoms with Gasteiger partial charge in [0.25, 0.3) is 5.91 Å². The van der Waals surface area contributed by atoms with Crippen molar-refractivity contribution in [1.82, 2.24) is 10.6 Å². The first kappa shape index (κ1) is 23.4. The van der Waals surface area contributed by atoms with Gasteiger partial charge in [0, 0.05) is 6.54 Å². The van der Waals surface area contributed by atoms with E-state index in [1.54, 1.807) is 26.0 Å². The third kappa shape index (κ3) is 6.07. The van der Waals surface area contributed by atoms with Gasteiger partial charge in [-0.15, -0.1) is 0 Å². The van der Waals surface area contributed by atoms with Crippen LogP contribution in [0.25, 0.3) is 0 Å². The van der Waals surface area contributed by atoms with Crippen molar-refractivity contribution in [2.45, 2.75) is 31.2 Å². The minimum Gasteiger partial charge on any atom is -0.354 e. The van der Waals surface area contributed by atoms with E-state index in [-0.39, 0.29) is 17.4 Å². The smallest absolute Gasteiger partial charge is 0.257 e. The van der Waals surface area contributed by atoms with Gasteiger partial charge in [-0.25, -0.2) is 22.3 Å². The summed E-state index contributed by atoms with van der Waals surface area (Å²) in [6.07, 6.45) is 0.400. The molecule has 0 aliphatic heterocycles. The van der Waals surface area contributed by atoms with Crippen molar-refractivity contribution in [2.24, 2.45) is 11.1 Å². The second-order valence-electron chi connectivity index (χ2n) is 7.02. The van der Waals surface area contributed by atoms with E-state index < -0.39 is 45.1 Å². The zero-order valence-electron chi connectivity index (χ0n) is 16.5. The molecule has 0 spiro atoms. The largest absolute Gasteiger partial charge is 0.354 e. The number of amides is 2. The summed E-state index contributed by atoms with van der Waals surface area (Å²) in [5.74, 6) is -3.89. The van der Waals surface area contributed by atoms with Crippen LogP contribution in [0, 0.1) is 17.6 Å². The SMILES string of the molecule is CC(C)[C@@H](NC(=O)c1c(F)cccc1F)C(=O)NCCc1ccc(S(N)(=O)=O)cc1. The Morgan fingerprint density at radius 1 is 1.03 bits per heavy atom. The van der Waals surface area contributed by atoms with Crippen LogP contribution in [0.3, 0.4) is 0 Å². The van der Waals surface area contributed by atoms with Gasteiger partial charge >= 0.3 is 0 Å². The van der Waals surface area contributed by atoms with Crippen LogP contribution in [0.15, 0.2) is 47.4 Å². The maximum atomic E-state index is 13.8. The molecule has 0 aliphatic carbocycles. The van der Waals surface area contributed by atoms with Crippen LogP contribution in [0.5, 0.6) is 0 Å². The lowest BCUT2D eigenvalue weighted by atomic mass is 10.0. The number of halogens is 2. The number of rotatable bonds is 8. The van der Waals surface area contributed by atoms with Gasteiger partial charge in [-0.2, -0.15) is 0 Å². The van der Waals surface area contributed by atoms with Crippen molar-refractivity contribution in [1.29, 1.82) is 0 Å². The number of carbonyl (C=O) groups excluding carboxylic acids is 2. The number of sulfonamides is 1. The number of carbonyl (C=O) groups is 2. The zero-order chi connectivity index (χ0) is 22.5. The van der Waals surface area contributed by atoms with Crippen molar-refractivity contribution < 1.29 is 26.8 Å². The Labute approximate surface area is 173 Å². The highest BCUT2D eigenvalue weighted by atomic mass is 32.2. The minimum absolute atomic E-state index is 0.0155. The molecule has 0 saturated carbocycles. The molecule has 10 heteroatoms. The summed E-state index contributed by atoms with van der Waals surface area (Å²) in [6, 6.07) is 7.96. The normalized spacial score (nSPS) is 12.5. The Morgan fingerprint density at radius 2 is 1.60 bits per heavy atom. The van der Waals surface area contributed by atoms with Crippen LogP contribution in [0.4, 0.5) is 8.78 Å². The average molecular weight is 439 g/mol. The third-order valence-corrected chi connectivity index (χ3v) is 5.32. The average Bonchev–Trinajstić information content (AvgIpc) is 2.65. The summed E-state index contributed by atoms with van der Waals surface area (Å²) in [4.78, 5) is 24.8. The molecular weight excluding hydrogens is 416 g/mol. The van der Waals surface area contributed by atoms with Gasteiger partial charge in [0.15, 0.2) is 0 Å². The Bertz CT molecular complexity index is 1000. The van der Waals surface area contributed by atoms with E-state index in [9.17, 15) is 26.8 Å². The van der Waals surface area contributed by atoms with E-state index in [2.05, 4.69) is 10.6 Å². The monoisotopic (exact) mass is 439 g/mol. The van der Waals surface area contributed by atoms with Gasteiger partial charge < -0.3 is 10.6 Å². The van der Waals surface area contributed by atoms with E-state index >= 15 is 0 Å². The lowest BCUT2D eigenvalue weighted by Crippen LogP contribution is -2.50. The lowest BCUT2D eigenvalue weighted by molar-refractivity contribution is -0.123. The highest BCUT2D eigenvalue weighted by Crippen LogP contribution is 2.13. The number of nitrogens with one attached hydrogen (secondary N) is 2. The van der Waals surface area contributed by atoms with Gasteiger partial charge in [0.05, 0.1) is 4.90 Å². The molecule has 30 heavy (non-hydrogen) atoms. The quantitative estimate of drug-likeness (QED) is 0.580. The first-order valence-corrected chi connectivity index (χ1v) is 10.7. The van der Waals surface area contributed by atoms with E-state index in [1.165, 1.54) is 12.1 Å². The standard InChI is InChI=1S/C20H23F2N3O4S/c1-12(2)18(25-19(26)17-15(21)4-3-5-16(17)22)20(27)24-11-10-13-6-8-14(9-7-13)30(23,28)29/h3-9,12,18H,10-11H2,1-2H3,(H,24,27)(H,25,26)(H2,23,28,29)/t18-/m1/s1. The minimum atomic E-state index is -3.78. The van der Waals surface area contributed by atoms with Gasteiger partial charge in [-0.05, 0) is 42.2 Å². The molecular formula is C20H23F2N3O4S. The van der Waals surface area contributed by atoms with Gasteiger partial charge in [-0.1, -0.05) is 32.0 Å². The summed E-state index contributed by atoms with van der Waals surface area (Å²) in [5.41, 5.74) is 0.0205. The van der Waals surface area contributed by atoms with E-state index in [0.717, 1.165) is 23.8 Å². The third-order valence-electron chi connectivity index (χ3n) is 4.39. The summed E-state index contributed by atoms with van der Waals surface area (Å²) >= 11 is 0. The fourth-order valence-corrected chi connectivity index (χ4v) is 3.26. The Hall–Kier alpha value is -2.85. The number of hydrogen-bond acceptors (Lipinski definition) is 4. The second kappa shape index (κ2) is 9.77. The van der Waals surface area contributed by atoms with Crippen LogP contribution >= 0.6 is 0 Å². The number of primary sulfonamides is 1. The molecule has 4 N–H and O–H groups in total. The maximum absolute atomic E-state index is 13.8. The lowest BCUT2D eigenvalue weighted by Gasteiger charge is -2.22. The summed E-state index contributed by atoms with van der Waals surface area (Å²) in [5, 5.41) is 10.1. The molecule has 0 saturated heterocycles. The van der Waals surface area contributed by atoms with Crippen molar-refractivity contribution in [3.63, 3.8) is 0 Å². The fourth-order valence-electron chi connectivity index (χ4n) is 2.75. The predicted octanol–water partition coefficient (Wildman–Crippen LogP) is 1.73. The van der Waals surface area contributed by atoms with Crippen LogP contribution in [-0.4, -0.2) is 32.8 Å². The highest BCUT2D eigenvalue weighted by molar-refractivity contribution is 7.89. The molecule has 0 unspecified atom stereocenters. The van der Waals surface area contributed by atoms with Crippen LogP contribution in [0.1, 0.15) is 29.8 Å². The van der Waals surface area contributed by atoms with Crippen molar-refractivity contribution in [3.05, 3.63) is 65.2 Å². The van der Waals surface area contributed by atoms with Crippen molar-refractivity contribution in [2.75, 3.05) is 6.54 Å². The number of benzene rings is 2. The van der Waals surface area contributed by atoms with Crippen molar-refractivity contribution in [3.8, 4) is 0 Å². The number of nitrogens with two attached hydrogens (primary N) is 1. The highest BCUT2D eigenvalue weighted by Gasteiger charge is 2.27. The second-order valence-corrected chi connectivity index (χ2v) is 8.58. The molecule has 1 atom stereocenters. The number of hydrogen-bond donors (Lipinski definition) is 3. The van der Waals surface area contributed by atoms with Gasteiger partial charge in [0.2, 0.25) is 15.9 Å².